The molecule has 2 rings (SSSR count). The molecule has 0 unspecified atom stereocenters. The van der Waals surface area contributed by atoms with Crippen molar-refractivity contribution in [3.8, 4) is 11.5 Å². The number of benzene rings is 2. The molecule has 0 N–H and O–H groups in total. The fourth-order valence-electron chi connectivity index (χ4n) is 1.87. The maximum Gasteiger partial charge on any atom is 0.122 e. The largest absolute Gasteiger partial charge is 0.490 e. The smallest absolute Gasteiger partial charge is 0.122 e. The van der Waals surface area contributed by atoms with Crippen molar-refractivity contribution >= 4 is 15.9 Å². The molecule has 0 spiro atoms. The Morgan fingerprint density at radius 3 is 1.89 bits per heavy atom. The summed E-state index contributed by atoms with van der Waals surface area (Å²) in [5.74, 6) is 1.75. The zero-order chi connectivity index (χ0) is 13.7. The third-order valence-corrected chi connectivity index (χ3v) is 3.16. The zero-order valence-electron chi connectivity index (χ0n) is 11.2. The van der Waals surface area contributed by atoms with Crippen LogP contribution in [-0.4, -0.2) is 13.2 Å². The summed E-state index contributed by atoms with van der Waals surface area (Å²) in [5, 5.41) is 0. The molecule has 2 nitrogen and oxygen atoms in total. The quantitative estimate of drug-likeness (QED) is 0.754. The summed E-state index contributed by atoms with van der Waals surface area (Å²) in [6.45, 7) is 5.21. The molecule has 0 amide bonds. The molecule has 0 saturated heterocycles. The first kappa shape index (κ1) is 13.9. The topological polar surface area (TPSA) is 18.5 Å². The summed E-state index contributed by atoms with van der Waals surface area (Å²) in [6, 6.07) is 14.0. The Labute approximate surface area is 122 Å². The SMILES string of the molecule is Cc1cc(C)cc(OCCOc2ccc(Br)cc2)c1. The van der Waals surface area contributed by atoms with Gasteiger partial charge in [0.25, 0.3) is 0 Å². The third-order valence-electron chi connectivity index (χ3n) is 2.63. The number of aryl methyl sites for hydroxylation is 2. The highest BCUT2D eigenvalue weighted by molar-refractivity contribution is 9.10. The van der Waals surface area contributed by atoms with E-state index in [2.05, 4.69) is 35.8 Å². The van der Waals surface area contributed by atoms with Crippen LogP contribution in [0.15, 0.2) is 46.9 Å². The highest BCUT2D eigenvalue weighted by Crippen LogP contribution is 2.17. The van der Waals surface area contributed by atoms with E-state index in [0.717, 1.165) is 16.0 Å². The Morgan fingerprint density at radius 2 is 1.32 bits per heavy atom. The highest BCUT2D eigenvalue weighted by Gasteiger charge is 1.98. The van der Waals surface area contributed by atoms with Gasteiger partial charge in [-0.3, -0.25) is 0 Å². The number of ether oxygens (including phenoxy) is 2. The van der Waals surface area contributed by atoms with Crippen LogP contribution in [0, 0.1) is 13.8 Å². The van der Waals surface area contributed by atoms with Crippen molar-refractivity contribution < 1.29 is 9.47 Å². The molecule has 0 atom stereocenters. The minimum absolute atomic E-state index is 0.536. The normalized spacial score (nSPS) is 10.3. The maximum absolute atomic E-state index is 5.68. The minimum Gasteiger partial charge on any atom is -0.490 e. The van der Waals surface area contributed by atoms with Crippen molar-refractivity contribution in [2.75, 3.05) is 13.2 Å². The van der Waals surface area contributed by atoms with E-state index in [-0.39, 0.29) is 0 Å². The fourth-order valence-corrected chi connectivity index (χ4v) is 2.13. The van der Waals surface area contributed by atoms with Gasteiger partial charge in [-0.2, -0.15) is 0 Å². The third kappa shape index (κ3) is 4.60. The van der Waals surface area contributed by atoms with E-state index in [1.165, 1.54) is 11.1 Å². The first-order chi connectivity index (χ1) is 9.13. The predicted octanol–water partition coefficient (Wildman–Crippen LogP) is 4.52. The van der Waals surface area contributed by atoms with Crippen molar-refractivity contribution in [3.63, 3.8) is 0 Å². The van der Waals surface area contributed by atoms with Crippen molar-refractivity contribution in [1.29, 1.82) is 0 Å². The van der Waals surface area contributed by atoms with Crippen LogP contribution in [0.25, 0.3) is 0 Å². The molecule has 0 aliphatic heterocycles. The molecule has 2 aromatic rings. The van der Waals surface area contributed by atoms with Gasteiger partial charge in [0.1, 0.15) is 24.7 Å². The number of halogens is 1. The van der Waals surface area contributed by atoms with Crippen molar-refractivity contribution in [1.82, 2.24) is 0 Å². The van der Waals surface area contributed by atoms with Gasteiger partial charge in [-0.1, -0.05) is 22.0 Å². The molecule has 0 saturated carbocycles. The Morgan fingerprint density at radius 1 is 0.789 bits per heavy atom. The van der Waals surface area contributed by atoms with Crippen LogP contribution in [-0.2, 0) is 0 Å². The van der Waals surface area contributed by atoms with Gasteiger partial charge in [-0.15, -0.1) is 0 Å². The first-order valence-electron chi connectivity index (χ1n) is 6.23. The maximum atomic E-state index is 5.68. The summed E-state index contributed by atoms with van der Waals surface area (Å²) in [7, 11) is 0. The monoisotopic (exact) mass is 320 g/mol. The standard InChI is InChI=1S/C16H17BrO2/c1-12-9-13(2)11-16(10-12)19-8-7-18-15-5-3-14(17)4-6-15/h3-6,9-11H,7-8H2,1-2H3. The number of hydrogen-bond acceptors (Lipinski definition) is 2. The summed E-state index contributed by atoms with van der Waals surface area (Å²) < 4.78 is 12.3. The molecular weight excluding hydrogens is 304 g/mol. The van der Waals surface area contributed by atoms with E-state index in [1.54, 1.807) is 0 Å². The Balaban J connectivity index is 1.79. The van der Waals surface area contributed by atoms with Gasteiger partial charge in [-0.25, -0.2) is 0 Å². The molecule has 0 heterocycles. The molecule has 0 aliphatic rings. The van der Waals surface area contributed by atoms with Gasteiger partial charge in [-0.05, 0) is 61.4 Å². The molecule has 100 valence electrons. The van der Waals surface area contributed by atoms with Crippen molar-refractivity contribution in [3.05, 3.63) is 58.1 Å². The molecule has 0 fully saturated rings. The Bertz CT molecular complexity index is 515. The second-order valence-corrected chi connectivity index (χ2v) is 5.39. The van der Waals surface area contributed by atoms with Crippen LogP contribution in [0.1, 0.15) is 11.1 Å². The molecule has 0 aliphatic carbocycles. The van der Waals surface area contributed by atoms with Gasteiger partial charge in [0.05, 0.1) is 0 Å². The number of hydrogen-bond donors (Lipinski definition) is 0. The number of rotatable bonds is 5. The lowest BCUT2D eigenvalue weighted by molar-refractivity contribution is 0.217. The molecular formula is C16H17BrO2. The van der Waals surface area contributed by atoms with E-state index in [1.807, 2.05) is 36.4 Å². The van der Waals surface area contributed by atoms with Gasteiger partial charge in [0.15, 0.2) is 0 Å². The van der Waals surface area contributed by atoms with Gasteiger partial charge in [0, 0.05) is 4.47 Å². The van der Waals surface area contributed by atoms with Gasteiger partial charge < -0.3 is 9.47 Å². The Hall–Kier alpha value is -1.48. The van der Waals surface area contributed by atoms with Crippen LogP contribution in [0.3, 0.4) is 0 Å². The highest BCUT2D eigenvalue weighted by atomic mass is 79.9. The van der Waals surface area contributed by atoms with Crippen LogP contribution < -0.4 is 9.47 Å². The van der Waals surface area contributed by atoms with E-state index in [9.17, 15) is 0 Å². The lowest BCUT2D eigenvalue weighted by atomic mass is 10.1. The summed E-state index contributed by atoms with van der Waals surface area (Å²) in [6.07, 6.45) is 0. The van der Waals surface area contributed by atoms with Crippen molar-refractivity contribution in [2.45, 2.75) is 13.8 Å². The van der Waals surface area contributed by atoms with E-state index in [0.29, 0.717) is 13.2 Å². The second-order valence-electron chi connectivity index (χ2n) is 4.47. The van der Waals surface area contributed by atoms with Gasteiger partial charge >= 0.3 is 0 Å². The molecule has 3 heteroatoms. The van der Waals surface area contributed by atoms with E-state index >= 15 is 0 Å². The van der Waals surface area contributed by atoms with E-state index in [4.69, 9.17) is 9.47 Å². The lowest BCUT2D eigenvalue weighted by Crippen LogP contribution is -2.09. The molecule has 0 aromatic heterocycles. The van der Waals surface area contributed by atoms with Crippen LogP contribution in [0.5, 0.6) is 11.5 Å². The Kier molecular flexibility index (Phi) is 4.86. The average Bonchev–Trinajstić information content (AvgIpc) is 2.36. The molecule has 0 bridgehead atoms. The zero-order valence-corrected chi connectivity index (χ0v) is 12.7. The van der Waals surface area contributed by atoms with E-state index < -0.39 is 0 Å². The summed E-state index contributed by atoms with van der Waals surface area (Å²) in [5.41, 5.74) is 2.42. The first-order valence-corrected chi connectivity index (χ1v) is 7.02. The summed E-state index contributed by atoms with van der Waals surface area (Å²) in [4.78, 5) is 0. The van der Waals surface area contributed by atoms with Crippen molar-refractivity contribution in [2.24, 2.45) is 0 Å². The molecule has 19 heavy (non-hydrogen) atoms. The van der Waals surface area contributed by atoms with Gasteiger partial charge in [0.2, 0.25) is 0 Å². The lowest BCUT2D eigenvalue weighted by Gasteiger charge is -2.09. The molecule has 2 aromatic carbocycles. The predicted molar refractivity (Wildman–Crippen MR) is 81.0 cm³/mol. The molecule has 0 radical (unpaired) electrons. The second kappa shape index (κ2) is 6.62. The fraction of sp³-hybridized carbons (Fsp3) is 0.250. The van der Waals surface area contributed by atoms with Crippen LogP contribution in [0.4, 0.5) is 0 Å². The van der Waals surface area contributed by atoms with Crippen LogP contribution in [0.2, 0.25) is 0 Å². The average molecular weight is 321 g/mol. The summed E-state index contributed by atoms with van der Waals surface area (Å²) >= 11 is 3.39. The van der Waals surface area contributed by atoms with Crippen LogP contribution >= 0.6 is 15.9 Å². The minimum atomic E-state index is 0.536.